The van der Waals surface area contributed by atoms with E-state index < -0.39 is 0 Å². The first-order valence-corrected chi connectivity index (χ1v) is 4.46. The van der Waals surface area contributed by atoms with Gasteiger partial charge in [-0.3, -0.25) is 0 Å². The third-order valence-electron chi connectivity index (χ3n) is 1.40. The van der Waals surface area contributed by atoms with Gasteiger partial charge in [0.25, 0.3) is 0 Å². The van der Waals surface area contributed by atoms with E-state index in [1.165, 1.54) is 6.42 Å². The van der Waals surface area contributed by atoms with Crippen LogP contribution in [0.4, 0.5) is 0 Å². The molecule has 0 bridgehead atoms. The largest absolute Gasteiger partial charge is 0.313 e. The Kier molecular flexibility index (Phi) is 5.61. The second-order valence-corrected chi connectivity index (χ2v) is 4.13. The van der Waals surface area contributed by atoms with Crippen LogP contribution >= 0.6 is 11.6 Å². The summed E-state index contributed by atoms with van der Waals surface area (Å²) in [6, 6.07) is 0. The van der Waals surface area contributed by atoms with Crippen LogP contribution in [-0.4, -0.2) is 13.1 Å². The lowest BCUT2D eigenvalue weighted by Gasteiger charge is -2.17. The van der Waals surface area contributed by atoms with Gasteiger partial charge in [-0.2, -0.15) is 0 Å². The van der Waals surface area contributed by atoms with Crippen molar-refractivity contribution in [2.24, 2.45) is 5.41 Å². The topological polar surface area (TPSA) is 12.0 Å². The molecule has 0 heterocycles. The predicted molar refractivity (Wildman–Crippen MR) is 51.9 cm³/mol. The van der Waals surface area contributed by atoms with Crippen molar-refractivity contribution in [2.75, 3.05) is 13.1 Å². The first-order valence-electron chi connectivity index (χ1n) is 4.02. The molecule has 0 rings (SSSR count). The van der Waals surface area contributed by atoms with E-state index in [1.807, 2.05) is 6.08 Å². The van der Waals surface area contributed by atoms with Crippen LogP contribution in [0.15, 0.2) is 11.6 Å². The molecule has 0 amide bonds. The zero-order chi connectivity index (χ0) is 8.74. The summed E-state index contributed by atoms with van der Waals surface area (Å²) in [5, 5.41) is 3.27. The molecule has 0 aromatic carbocycles. The maximum atomic E-state index is 5.35. The minimum Gasteiger partial charge on any atom is -0.313 e. The van der Waals surface area contributed by atoms with Gasteiger partial charge in [0.05, 0.1) is 0 Å². The molecular weight excluding hydrogens is 158 g/mol. The molecule has 0 aliphatic heterocycles. The number of halogens is 1. The fraction of sp³-hybridized carbons (Fsp3) is 0.778. The normalized spacial score (nSPS) is 12.7. The summed E-state index contributed by atoms with van der Waals surface area (Å²) in [6.07, 6.45) is 3.10. The standard InChI is InChI=1S/C9H18ClN/c1-9(2,3)5-8-11-7-4-6-10/h4,6,11H,5,7-8H2,1-3H3/b6-4+. The highest BCUT2D eigenvalue weighted by Crippen LogP contribution is 2.16. The van der Waals surface area contributed by atoms with Crippen LogP contribution in [-0.2, 0) is 0 Å². The molecule has 2 heteroatoms. The lowest BCUT2D eigenvalue weighted by molar-refractivity contribution is 0.370. The Hall–Kier alpha value is -0.0100. The van der Waals surface area contributed by atoms with Crippen molar-refractivity contribution < 1.29 is 0 Å². The molecule has 1 nitrogen and oxygen atoms in total. The Morgan fingerprint density at radius 3 is 2.45 bits per heavy atom. The predicted octanol–water partition coefficient (Wildman–Crippen LogP) is 2.76. The van der Waals surface area contributed by atoms with Crippen LogP contribution in [0.1, 0.15) is 27.2 Å². The van der Waals surface area contributed by atoms with E-state index in [4.69, 9.17) is 11.6 Å². The SMILES string of the molecule is CC(C)(C)CCNC/C=C/Cl. The number of rotatable bonds is 4. The highest BCUT2D eigenvalue weighted by Gasteiger charge is 2.07. The van der Waals surface area contributed by atoms with Crippen LogP contribution in [0.25, 0.3) is 0 Å². The fourth-order valence-corrected chi connectivity index (χ4v) is 0.782. The molecule has 0 fully saturated rings. The van der Waals surface area contributed by atoms with Gasteiger partial charge in [0.1, 0.15) is 0 Å². The van der Waals surface area contributed by atoms with Crippen molar-refractivity contribution >= 4 is 11.6 Å². The van der Waals surface area contributed by atoms with Crippen LogP contribution in [0.3, 0.4) is 0 Å². The average Bonchev–Trinajstić information content (AvgIpc) is 1.85. The van der Waals surface area contributed by atoms with Gasteiger partial charge in [0.15, 0.2) is 0 Å². The van der Waals surface area contributed by atoms with Gasteiger partial charge in [-0.1, -0.05) is 38.4 Å². The van der Waals surface area contributed by atoms with E-state index in [-0.39, 0.29) is 0 Å². The zero-order valence-electron chi connectivity index (χ0n) is 7.65. The number of hydrogen-bond donors (Lipinski definition) is 1. The van der Waals surface area contributed by atoms with E-state index in [1.54, 1.807) is 5.54 Å². The van der Waals surface area contributed by atoms with Crippen LogP contribution in [0.5, 0.6) is 0 Å². The first-order chi connectivity index (χ1) is 5.06. The monoisotopic (exact) mass is 175 g/mol. The second-order valence-electron chi connectivity index (χ2n) is 3.88. The minimum atomic E-state index is 0.428. The molecule has 11 heavy (non-hydrogen) atoms. The van der Waals surface area contributed by atoms with E-state index in [2.05, 4.69) is 26.1 Å². The maximum Gasteiger partial charge on any atom is 0.0146 e. The summed E-state index contributed by atoms with van der Waals surface area (Å²) in [5.74, 6) is 0. The number of nitrogens with one attached hydrogen (secondary N) is 1. The van der Waals surface area contributed by atoms with E-state index in [0.717, 1.165) is 13.1 Å². The van der Waals surface area contributed by atoms with Crippen molar-refractivity contribution in [3.8, 4) is 0 Å². The third kappa shape index (κ3) is 9.99. The molecule has 0 unspecified atom stereocenters. The molecule has 0 aromatic rings. The lowest BCUT2D eigenvalue weighted by Crippen LogP contribution is -2.20. The highest BCUT2D eigenvalue weighted by atomic mass is 35.5. The summed E-state index contributed by atoms with van der Waals surface area (Å²) in [6.45, 7) is 8.66. The molecule has 0 aliphatic carbocycles. The Morgan fingerprint density at radius 2 is 2.00 bits per heavy atom. The molecule has 0 saturated heterocycles. The van der Waals surface area contributed by atoms with Gasteiger partial charge in [-0.05, 0) is 18.4 Å². The lowest BCUT2D eigenvalue weighted by atomic mass is 9.92. The van der Waals surface area contributed by atoms with Gasteiger partial charge < -0.3 is 5.32 Å². The molecule has 66 valence electrons. The summed E-state index contributed by atoms with van der Waals surface area (Å²) in [4.78, 5) is 0. The van der Waals surface area contributed by atoms with E-state index >= 15 is 0 Å². The van der Waals surface area contributed by atoms with Gasteiger partial charge >= 0.3 is 0 Å². The maximum absolute atomic E-state index is 5.35. The quantitative estimate of drug-likeness (QED) is 0.648. The van der Waals surface area contributed by atoms with Crippen molar-refractivity contribution in [1.29, 1.82) is 0 Å². The summed E-state index contributed by atoms with van der Waals surface area (Å²) in [5.41, 5.74) is 1.97. The summed E-state index contributed by atoms with van der Waals surface area (Å²) < 4.78 is 0. The fourth-order valence-electron chi connectivity index (χ4n) is 0.693. The van der Waals surface area contributed by atoms with Gasteiger partial charge in [0, 0.05) is 12.1 Å². The van der Waals surface area contributed by atoms with Crippen molar-refractivity contribution in [1.82, 2.24) is 5.32 Å². The smallest absolute Gasteiger partial charge is 0.0146 e. The number of hydrogen-bond acceptors (Lipinski definition) is 1. The highest BCUT2D eigenvalue weighted by molar-refractivity contribution is 6.25. The Morgan fingerprint density at radius 1 is 1.36 bits per heavy atom. The molecule has 0 atom stereocenters. The van der Waals surface area contributed by atoms with Crippen molar-refractivity contribution in [2.45, 2.75) is 27.2 Å². The molecule has 0 aromatic heterocycles. The average molecular weight is 176 g/mol. The second kappa shape index (κ2) is 5.62. The van der Waals surface area contributed by atoms with Crippen LogP contribution in [0.2, 0.25) is 0 Å². The first kappa shape index (κ1) is 11.0. The molecule has 0 spiro atoms. The Balaban J connectivity index is 3.15. The summed E-state index contributed by atoms with van der Waals surface area (Å²) in [7, 11) is 0. The molecular formula is C9H18ClN. The third-order valence-corrected chi connectivity index (χ3v) is 1.58. The Labute approximate surface area is 74.8 Å². The van der Waals surface area contributed by atoms with Crippen molar-refractivity contribution in [3.63, 3.8) is 0 Å². The van der Waals surface area contributed by atoms with E-state index in [0.29, 0.717) is 5.41 Å². The van der Waals surface area contributed by atoms with Crippen molar-refractivity contribution in [3.05, 3.63) is 11.6 Å². The molecule has 0 aliphatic rings. The van der Waals surface area contributed by atoms with Crippen LogP contribution in [0, 0.1) is 5.41 Å². The molecule has 1 N–H and O–H groups in total. The van der Waals surface area contributed by atoms with Gasteiger partial charge in [-0.25, -0.2) is 0 Å². The van der Waals surface area contributed by atoms with E-state index in [9.17, 15) is 0 Å². The van der Waals surface area contributed by atoms with Gasteiger partial charge in [-0.15, -0.1) is 0 Å². The molecule has 0 saturated carbocycles. The van der Waals surface area contributed by atoms with Gasteiger partial charge in [0.2, 0.25) is 0 Å². The summed E-state index contributed by atoms with van der Waals surface area (Å²) >= 11 is 5.35. The minimum absolute atomic E-state index is 0.428. The Bertz CT molecular complexity index is 113. The zero-order valence-corrected chi connectivity index (χ0v) is 8.41. The molecule has 0 radical (unpaired) electrons. The van der Waals surface area contributed by atoms with Crippen LogP contribution < -0.4 is 5.32 Å².